The first-order valence-corrected chi connectivity index (χ1v) is 7.48. The van der Waals surface area contributed by atoms with Gasteiger partial charge in [0.25, 0.3) is 0 Å². The van der Waals surface area contributed by atoms with Gasteiger partial charge in [-0.05, 0) is 31.2 Å². The average molecular weight is 283 g/mol. The highest BCUT2D eigenvalue weighted by atomic mass is 16.1. The molecule has 1 amide bonds. The van der Waals surface area contributed by atoms with Gasteiger partial charge in [-0.25, -0.2) is 0 Å². The van der Waals surface area contributed by atoms with Crippen molar-refractivity contribution in [3.8, 4) is 0 Å². The number of anilines is 1. The van der Waals surface area contributed by atoms with E-state index in [1.807, 2.05) is 30.3 Å². The van der Waals surface area contributed by atoms with Crippen LogP contribution in [0.2, 0.25) is 0 Å². The number of aromatic nitrogens is 1. The van der Waals surface area contributed by atoms with E-state index >= 15 is 0 Å². The van der Waals surface area contributed by atoms with Crippen LogP contribution in [0.1, 0.15) is 25.1 Å². The molecule has 1 aliphatic rings. The first kappa shape index (κ1) is 13.9. The van der Waals surface area contributed by atoms with Crippen LogP contribution in [0.15, 0.2) is 48.7 Å². The van der Waals surface area contributed by atoms with Crippen LogP contribution in [0, 0.1) is 0 Å². The molecule has 1 unspecified atom stereocenters. The molecule has 0 spiro atoms. The minimum absolute atomic E-state index is 0.0781. The molecule has 1 aromatic carbocycles. The van der Waals surface area contributed by atoms with Crippen LogP contribution >= 0.6 is 0 Å². The van der Waals surface area contributed by atoms with Crippen LogP contribution in [0.25, 0.3) is 0 Å². The lowest BCUT2D eigenvalue weighted by Crippen LogP contribution is -2.38. The summed E-state index contributed by atoms with van der Waals surface area (Å²) in [6.07, 6.45) is 2.66. The number of carbonyl (C=O) groups excluding carboxylic acids is 1. The second kappa shape index (κ2) is 6.14. The lowest BCUT2D eigenvalue weighted by atomic mass is 10.1. The number of hydrogen-bond donors (Lipinski definition) is 1. The molecule has 4 nitrogen and oxygen atoms in total. The molecule has 0 aliphatic carbocycles. The maximum absolute atomic E-state index is 12.0. The highest BCUT2D eigenvalue weighted by molar-refractivity contribution is 5.90. The number of nitrogens with zero attached hydrogens (tertiary/aromatic N) is 2. The average Bonchev–Trinajstić information content (AvgIpc) is 2.97. The summed E-state index contributed by atoms with van der Waals surface area (Å²) in [5, 5.41) is 2.94. The molecular weight excluding hydrogens is 262 g/mol. The topological polar surface area (TPSA) is 37.3 Å². The number of amides is 1. The van der Waals surface area contributed by atoms with Crippen molar-refractivity contribution in [2.75, 3.05) is 18.4 Å². The Morgan fingerprint density at radius 3 is 2.81 bits per heavy atom. The van der Waals surface area contributed by atoms with Gasteiger partial charge in [0.1, 0.15) is 0 Å². The fourth-order valence-electron chi connectivity index (χ4n) is 2.92. The number of rotatable bonds is 4. The van der Waals surface area contributed by atoms with E-state index in [1.165, 1.54) is 5.69 Å². The molecule has 1 N–H and O–H groups in total. The molecule has 110 valence electrons. The molecule has 2 heterocycles. The minimum atomic E-state index is 0.0781. The predicted molar refractivity (Wildman–Crippen MR) is 84.1 cm³/mol. The molecule has 21 heavy (non-hydrogen) atoms. The zero-order valence-electron chi connectivity index (χ0n) is 12.3. The summed E-state index contributed by atoms with van der Waals surface area (Å²) in [7, 11) is 0. The van der Waals surface area contributed by atoms with E-state index in [2.05, 4.69) is 40.0 Å². The van der Waals surface area contributed by atoms with Crippen LogP contribution in [0.5, 0.6) is 0 Å². The van der Waals surface area contributed by atoms with E-state index in [0.717, 1.165) is 25.3 Å². The Hall–Kier alpha value is -2.07. The van der Waals surface area contributed by atoms with E-state index in [9.17, 15) is 4.79 Å². The standard InChI is InChI=1S/C17H21N3O/c1-14-16-8-5-10-20(16)13-12-19(14)11-9-17(21)18-15-6-3-2-4-7-15/h2-8,10,14H,9,11-13H2,1H3,(H,18,21). The van der Waals surface area contributed by atoms with Gasteiger partial charge in [0.2, 0.25) is 5.91 Å². The number of benzene rings is 1. The van der Waals surface area contributed by atoms with E-state index in [4.69, 9.17) is 0 Å². The van der Waals surface area contributed by atoms with Crippen molar-refractivity contribution in [1.82, 2.24) is 9.47 Å². The summed E-state index contributed by atoms with van der Waals surface area (Å²) in [5.41, 5.74) is 2.20. The summed E-state index contributed by atoms with van der Waals surface area (Å²) >= 11 is 0. The van der Waals surface area contributed by atoms with Crippen LogP contribution in [0.4, 0.5) is 5.69 Å². The Balaban J connectivity index is 1.53. The van der Waals surface area contributed by atoms with Crippen molar-refractivity contribution in [2.45, 2.75) is 25.9 Å². The predicted octanol–water partition coefficient (Wildman–Crippen LogP) is 2.89. The fraction of sp³-hybridized carbons (Fsp3) is 0.353. The van der Waals surface area contributed by atoms with Crippen LogP contribution in [-0.4, -0.2) is 28.5 Å². The zero-order chi connectivity index (χ0) is 14.7. The van der Waals surface area contributed by atoms with Gasteiger partial charge < -0.3 is 9.88 Å². The van der Waals surface area contributed by atoms with E-state index in [1.54, 1.807) is 0 Å². The van der Waals surface area contributed by atoms with Crippen molar-refractivity contribution >= 4 is 11.6 Å². The van der Waals surface area contributed by atoms with Gasteiger partial charge in [-0.1, -0.05) is 18.2 Å². The molecule has 1 aliphatic heterocycles. The summed E-state index contributed by atoms with van der Waals surface area (Å²) in [6.45, 7) is 5.01. The molecule has 0 fully saturated rings. The van der Waals surface area contributed by atoms with Crippen molar-refractivity contribution < 1.29 is 4.79 Å². The fourth-order valence-corrected chi connectivity index (χ4v) is 2.92. The SMILES string of the molecule is CC1c2cccn2CCN1CCC(=O)Nc1ccccc1. The summed E-state index contributed by atoms with van der Waals surface area (Å²) in [5.74, 6) is 0.0781. The van der Waals surface area contributed by atoms with Crippen LogP contribution in [0.3, 0.4) is 0 Å². The third-order valence-electron chi connectivity index (χ3n) is 4.15. The second-order valence-corrected chi connectivity index (χ2v) is 5.50. The molecule has 0 radical (unpaired) electrons. The normalized spacial score (nSPS) is 18.2. The molecular formula is C17H21N3O. The number of hydrogen-bond acceptors (Lipinski definition) is 2. The van der Waals surface area contributed by atoms with Crippen molar-refractivity contribution in [3.63, 3.8) is 0 Å². The molecule has 0 saturated carbocycles. The van der Waals surface area contributed by atoms with Gasteiger partial charge in [0.05, 0.1) is 0 Å². The Bertz CT molecular complexity index is 606. The van der Waals surface area contributed by atoms with Gasteiger partial charge in [0, 0.05) is 49.7 Å². The van der Waals surface area contributed by atoms with Gasteiger partial charge in [-0.2, -0.15) is 0 Å². The highest BCUT2D eigenvalue weighted by Crippen LogP contribution is 2.25. The summed E-state index contributed by atoms with van der Waals surface area (Å²) in [4.78, 5) is 14.4. The number of fused-ring (bicyclic) bond motifs is 1. The first-order chi connectivity index (χ1) is 10.2. The van der Waals surface area contributed by atoms with E-state index in [0.29, 0.717) is 12.5 Å². The molecule has 3 rings (SSSR count). The Morgan fingerprint density at radius 2 is 2.00 bits per heavy atom. The first-order valence-electron chi connectivity index (χ1n) is 7.48. The minimum Gasteiger partial charge on any atom is -0.349 e. The van der Waals surface area contributed by atoms with Crippen LogP contribution in [-0.2, 0) is 11.3 Å². The van der Waals surface area contributed by atoms with Crippen molar-refractivity contribution in [3.05, 3.63) is 54.4 Å². The zero-order valence-corrected chi connectivity index (χ0v) is 12.3. The number of para-hydroxylation sites is 1. The molecule has 0 saturated heterocycles. The molecule has 0 bridgehead atoms. The number of carbonyl (C=O) groups is 1. The maximum atomic E-state index is 12.0. The summed E-state index contributed by atoms with van der Waals surface area (Å²) in [6, 6.07) is 14.3. The third-order valence-corrected chi connectivity index (χ3v) is 4.15. The quantitative estimate of drug-likeness (QED) is 0.937. The van der Waals surface area contributed by atoms with Gasteiger partial charge in [0.15, 0.2) is 0 Å². The summed E-state index contributed by atoms with van der Waals surface area (Å²) < 4.78 is 2.30. The molecule has 4 heteroatoms. The Kier molecular flexibility index (Phi) is 4.06. The maximum Gasteiger partial charge on any atom is 0.225 e. The van der Waals surface area contributed by atoms with E-state index < -0.39 is 0 Å². The monoisotopic (exact) mass is 283 g/mol. The largest absolute Gasteiger partial charge is 0.349 e. The lowest BCUT2D eigenvalue weighted by molar-refractivity contribution is -0.116. The Labute approximate surface area is 125 Å². The third kappa shape index (κ3) is 3.16. The van der Waals surface area contributed by atoms with E-state index in [-0.39, 0.29) is 5.91 Å². The van der Waals surface area contributed by atoms with Gasteiger partial charge >= 0.3 is 0 Å². The highest BCUT2D eigenvalue weighted by Gasteiger charge is 2.23. The van der Waals surface area contributed by atoms with Crippen molar-refractivity contribution in [1.29, 1.82) is 0 Å². The smallest absolute Gasteiger partial charge is 0.225 e. The van der Waals surface area contributed by atoms with Gasteiger partial charge in [-0.3, -0.25) is 9.69 Å². The Morgan fingerprint density at radius 1 is 1.19 bits per heavy atom. The van der Waals surface area contributed by atoms with Crippen LogP contribution < -0.4 is 5.32 Å². The molecule has 2 aromatic rings. The lowest BCUT2D eigenvalue weighted by Gasteiger charge is -2.34. The van der Waals surface area contributed by atoms with Gasteiger partial charge in [-0.15, -0.1) is 0 Å². The van der Waals surface area contributed by atoms with Crippen molar-refractivity contribution in [2.24, 2.45) is 0 Å². The molecule has 1 atom stereocenters. The number of nitrogens with one attached hydrogen (secondary N) is 1. The second-order valence-electron chi connectivity index (χ2n) is 5.50. The molecule has 1 aromatic heterocycles.